The molecule has 114 valence electrons. The molecule has 1 atom stereocenters. The predicted molar refractivity (Wildman–Crippen MR) is 92.3 cm³/mol. The van der Waals surface area contributed by atoms with Crippen molar-refractivity contribution in [3.8, 4) is 12.3 Å². The van der Waals surface area contributed by atoms with Crippen LogP contribution in [0.25, 0.3) is 0 Å². The first-order valence-electron chi connectivity index (χ1n) is 6.98. The molecule has 0 saturated heterocycles. The van der Waals surface area contributed by atoms with E-state index in [1.165, 1.54) is 24.0 Å². The Morgan fingerprint density at radius 3 is 2.57 bits per heavy atom. The van der Waals surface area contributed by atoms with Gasteiger partial charge >= 0.3 is 0 Å². The van der Waals surface area contributed by atoms with Crippen LogP contribution in [0.5, 0.6) is 0 Å². The van der Waals surface area contributed by atoms with Crippen molar-refractivity contribution in [2.45, 2.75) is 18.9 Å². The van der Waals surface area contributed by atoms with Crippen LogP contribution in [0.3, 0.4) is 0 Å². The van der Waals surface area contributed by atoms with Crippen molar-refractivity contribution in [2.24, 2.45) is 0 Å². The molecule has 2 rings (SSSR count). The second kappa shape index (κ2) is 8.66. The first kappa shape index (κ1) is 17.5. The average molecular weight is 304 g/mol. The third-order valence-electron chi connectivity index (χ3n) is 3.51. The molecule has 1 unspecified atom stereocenters. The topological polar surface area (TPSA) is 15.7 Å². The standard InChI is InChI=1S/C13H15N.C4H9NOS/c1-3-10-14(2)13-9-8-11-6-4-5-7-12(11)13;1-5(2)4(7)6-3/h1,4-7,13H,8-10H2,2H3;1-3H3. The number of aryl methyl sites for hydroxylation is 1. The number of methoxy groups -OCH3 is 1. The third-order valence-corrected chi connectivity index (χ3v) is 4.05. The summed E-state index contributed by atoms with van der Waals surface area (Å²) in [6.45, 7) is 0.735. The molecule has 0 aromatic heterocycles. The van der Waals surface area contributed by atoms with E-state index in [1.54, 1.807) is 12.0 Å². The number of hydrogen-bond donors (Lipinski definition) is 0. The summed E-state index contributed by atoms with van der Waals surface area (Å²) in [5, 5.41) is 0.514. The third kappa shape index (κ3) is 5.04. The van der Waals surface area contributed by atoms with Gasteiger partial charge in [-0.15, -0.1) is 6.42 Å². The second-order valence-corrected chi connectivity index (χ2v) is 5.59. The van der Waals surface area contributed by atoms with Crippen LogP contribution in [0.4, 0.5) is 0 Å². The van der Waals surface area contributed by atoms with Gasteiger partial charge in [0.15, 0.2) is 0 Å². The van der Waals surface area contributed by atoms with Crippen LogP contribution in [0.15, 0.2) is 24.3 Å². The van der Waals surface area contributed by atoms with Gasteiger partial charge in [0, 0.05) is 20.1 Å². The van der Waals surface area contributed by atoms with Crippen LogP contribution in [-0.2, 0) is 11.2 Å². The van der Waals surface area contributed by atoms with Crippen LogP contribution in [0.1, 0.15) is 23.6 Å². The number of thiocarbonyl (C=S) groups is 1. The van der Waals surface area contributed by atoms with Gasteiger partial charge in [0.25, 0.3) is 5.17 Å². The fourth-order valence-corrected chi connectivity index (χ4v) is 2.43. The molecule has 0 N–H and O–H groups in total. The second-order valence-electron chi connectivity index (χ2n) is 5.24. The summed E-state index contributed by atoms with van der Waals surface area (Å²) in [4.78, 5) is 3.99. The Bertz CT molecular complexity index is 508. The lowest BCUT2D eigenvalue weighted by atomic mass is 10.1. The molecule has 1 aromatic rings. The van der Waals surface area contributed by atoms with Gasteiger partial charge < -0.3 is 9.64 Å². The normalized spacial score (nSPS) is 15.5. The molecule has 3 nitrogen and oxygen atoms in total. The fraction of sp³-hybridized carbons (Fsp3) is 0.471. The molecule has 0 spiro atoms. The van der Waals surface area contributed by atoms with E-state index in [0.29, 0.717) is 11.2 Å². The van der Waals surface area contributed by atoms with Crippen LogP contribution >= 0.6 is 12.2 Å². The van der Waals surface area contributed by atoms with Crippen molar-refractivity contribution < 1.29 is 4.74 Å². The van der Waals surface area contributed by atoms with E-state index in [2.05, 4.69) is 59.1 Å². The minimum atomic E-state index is 0.514. The van der Waals surface area contributed by atoms with E-state index in [4.69, 9.17) is 6.42 Å². The predicted octanol–water partition coefficient (Wildman–Crippen LogP) is 2.72. The zero-order chi connectivity index (χ0) is 15.8. The van der Waals surface area contributed by atoms with E-state index in [0.717, 1.165) is 6.54 Å². The van der Waals surface area contributed by atoms with Gasteiger partial charge in [-0.2, -0.15) is 0 Å². The summed E-state index contributed by atoms with van der Waals surface area (Å²) in [6, 6.07) is 9.20. The van der Waals surface area contributed by atoms with Crippen LogP contribution in [-0.4, -0.2) is 49.8 Å². The summed E-state index contributed by atoms with van der Waals surface area (Å²) in [6.07, 6.45) is 7.72. The number of ether oxygens (including phenoxy) is 1. The number of nitrogens with zero attached hydrogens (tertiary/aromatic N) is 2. The Labute approximate surface area is 133 Å². The summed E-state index contributed by atoms with van der Waals surface area (Å²) in [5.41, 5.74) is 2.95. The highest BCUT2D eigenvalue weighted by Gasteiger charge is 2.24. The van der Waals surface area contributed by atoms with Gasteiger partial charge in [0.2, 0.25) is 0 Å². The Hall–Kier alpha value is -1.57. The van der Waals surface area contributed by atoms with Gasteiger partial charge in [-0.3, -0.25) is 4.90 Å². The zero-order valence-corrected chi connectivity index (χ0v) is 14.1. The highest BCUT2D eigenvalue weighted by Crippen LogP contribution is 2.34. The van der Waals surface area contributed by atoms with E-state index in [-0.39, 0.29) is 0 Å². The molecule has 21 heavy (non-hydrogen) atoms. The van der Waals surface area contributed by atoms with Crippen molar-refractivity contribution in [1.29, 1.82) is 0 Å². The highest BCUT2D eigenvalue weighted by atomic mass is 32.1. The maximum Gasteiger partial charge on any atom is 0.258 e. The van der Waals surface area contributed by atoms with E-state index >= 15 is 0 Å². The Morgan fingerprint density at radius 1 is 1.38 bits per heavy atom. The fourth-order valence-electron chi connectivity index (χ4n) is 2.43. The quantitative estimate of drug-likeness (QED) is 0.616. The molecule has 0 bridgehead atoms. The first-order chi connectivity index (χ1) is 10.0. The molecule has 0 heterocycles. The molecule has 1 aromatic carbocycles. The van der Waals surface area contributed by atoms with Crippen LogP contribution in [0, 0.1) is 12.3 Å². The lowest BCUT2D eigenvalue weighted by molar-refractivity contribution is 0.274. The minimum Gasteiger partial charge on any atom is -0.474 e. The summed E-state index contributed by atoms with van der Waals surface area (Å²) < 4.78 is 4.67. The lowest BCUT2D eigenvalue weighted by Crippen LogP contribution is -2.23. The lowest BCUT2D eigenvalue weighted by Gasteiger charge is -2.22. The molecule has 4 heteroatoms. The van der Waals surface area contributed by atoms with Crippen molar-refractivity contribution in [3.05, 3.63) is 35.4 Å². The first-order valence-corrected chi connectivity index (χ1v) is 7.38. The number of benzene rings is 1. The SMILES string of the molecule is C#CCN(C)C1CCc2ccccc21.COC(=S)N(C)C. The number of rotatable bonds is 2. The Balaban J connectivity index is 0.000000270. The monoisotopic (exact) mass is 304 g/mol. The Kier molecular flexibility index (Phi) is 7.21. The largest absolute Gasteiger partial charge is 0.474 e. The molecule has 0 fully saturated rings. The number of hydrogen-bond acceptors (Lipinski definition) is 3. The molecular weight excluding hydrogens is 280 g/mol. The van der Waals surface area contributed by atoms with Crippen molar-refractivity contribution in [2.75, 3.05) is 34.8 Å². The van der Waals surface area contributed by atoms with Crippen LogP contribution < -0.4 is 0 Å². The smallest absolute Gasteiger partial charge is 0.258 e. The van der Waals surface area contributed by atoms with Gasteiger partial charge in [-0.05, 0) is 43.2 Å². The van der Waals surface area contributed by atoms with E-state index in [1.807, 2.05) is 14.1 Å². The molecule has 1 aliphatic carbocycles. The van der Waals surface area contributed by atoms with E-state index in [9.17, 15) is 0 Å². The molecular formula is C17H24N2OS. The van der Waals surface area contributed by atoms with Gasteiger partial charge in [-0.1, -0.05) is 30.2 Å². The van der Waals surface area contributed by atoms with Gasteiger partial charge in [0.1, 0.15) is 0 Å². The zero-order valence-electron chi connectivity index (χ0n) is 13.3. The maximum atomic E-state index is 5.33. The van der Waals surface area contributed by atoms with Crippen molar-refractivity contribution in [1.82, 2.24) is 9.80 Å². The average Bonchev–Trinajstić information content (AvgIpc) is 2.91. The minimum absolute atomic E-state index is 0.514. The number of terminal acetylenes is 1. The van der Waals surface area contributed by atoms with Crippen LogP contribution in [0.2, 0.25) is 0 Å². The maximum absolute atomic E-state index is 5.33. The highest BCUT2D eigenvalue weighted by molar-refractivity contribution is 7.79. The van der Waals surface area contributed by atoms with Crippen molar-refractivity contribution >= 4 is 17.4 Å². The van der Waals surface area contributed by atoms with Gasteiger partial charge in [-0.25, -0.2) is 0 Å². The summed E-state index contributed by atoms with van der Waals surface area (Å²) in [5.74, 6) is 2.70. The molecule has 0 amide bonds. The molecule has 0 aliphatic heterocycles. The van der Waals surface area contributed by atoms with Crippen molar-refractivity contribution in [3.63, 3.8) is 0 Å². The number of fused-ring (bicyclic) bond motifs is 1. The Morgan fingerprint density at radius 2 is 2.05 bits per heavy atom. The molecule has 0 radical (unpaired) electrons. The molecule has 0 saturated carbocycles. The van der Waals surface area contributed by atoms with E-state index < -0.39 is 0 Å². The molecule has 1 aliphatic rings. The summed E-state index contributed by atoms with van der Waals surface area (Å²) in [7, 11) is 7.34. The summed E-state index contributed by atoms with van der Waals surface area (Å²) >= 11 is 4.68. The van der Waals surface area contributed by atoms with Gasteiger partial charge in [0.05, 0.1) is 13.7 Å².